The molecule has 6 heteroatoms. The van der Waals surface area contributed by atoms with E-state index in [1.54, 1.807) is 35.7 Å². The third kappa shape index (κ3) is 3.14. The summed E-state index contributed by atoms with van der Waals surface area (Å²) in [6.45, 7) is 1.93. The first-order valence-corrected chi connectivity index (χ1v) is 9.32. The van der Waals surface area contributed by atoms with E-state index in [9.17, 15) is 8.42 Å². The SMILES string of the molecule is COc1ccc(S(=O)(=O)N(C2CC2)C2CCN(C)CC2)cc1. The van der Waals surface area contributed by atoms with Crippen molar-refractivity contribution in [1.29, 1.82) is 0 Å². The summed E-state index contributed by atoms with van der Waals surface area (Å²) in [5.74, 6) is 0.677. The Kier molecular flexibility index (Phi) is 4.43. The Labute approximate surface area is 132 Å². The summed E-state index contributed by atoms with van der Waals surface area (Å²) in [4.78, 5) is 2.64. The van der Waals surface area contributed by atoms with Crippen LogP contribution in [0.2, 0.25) is 0 Å². The molecule has 0 atom stereocenters. The van der Waals surface area contributed by atoms with Crippen molar-refractivity contribution in [2.75, 3.05) is 27.2 Å². The van der Waals surface area contributed by atoms with Crippen molar-refractivity contribution in [2.24, 2.45) is 0 Å². The zero-order valence-electron chi connectivity index (χ0n) is 13.2. The van der Waals surface area contributed by atoms with Crippen LogP contribution < -0.4 is 4.74 Å². The van der Waals surface area contributed by atoms with E-state index in [0.29, 0.717) is 10.6 Å². The number of hydrogen-bond donors (Lipinski definition) is 0. The normalized spacial score (nSPS) is 21.2. The Morgan fingerprint density at radius 1 is 1.05 bits per heavy atom. The van der Waals surface area contributed by atoms with Crippen molar-refractivity contribution in [1.82, 2.24) is 9.21 Å². The molecule has 1 aliphatic carbocycles. The molecule has 1 saturated carbocycles. The zero-order chi connectivity index (χ0) is 15.7. The van der Waals surface area contributed by atoms with Gasteiger partial charge < -0.3 is 9.64 Å². The van der Waals surface area contributed by atoms with Crippen LogP contribution in [0.5, 0.6) is 5.75 Å². The molecule has 1 saturated heterocycles. The molecule has 0 unspecified atom stereocenters. The van der Waals surface area contributed by atoms with E-state index in [2.05, 4.69) is 11.9 Å². The lowest BCUT2D eigenvalue weighted by Crippen LogP contribution is -2.47. The Hall–Kier alpha value is -1.11. The molecule has 0 aromatic heterocycles. The van der Waals surface area contributed by atoms with Crippen LogP contribution in [0.25, 0.3) is 0 Å². The van der Waals surface area contributed by atoms with Crippen LogP contribution in [0.1, 0.15) is 25.7 Å². The van der Waals surface area contributed by atoms with E-state index in [0.717, 1.165) is 38.8 Å². The molecule has 2 fully saturated rings. The summed E-state index contributed by atoms with van der Waals surface area (Å²) in [5, 5.41) is 0. The maximum absolute atomic E-state index is 13.1. The summed E-state index contributed by atoms with van der Waals surface area (Å²) >= 11 is 0. The number of hydrogen-bond acceptors (Lipinski definition) is 4. The van der Waals surface area contributed by atoms with E-state index in [1.807, 2.05) is 0 Å². The van der Waals surface area contributed by atoms with Gasteiger partial charge >= 0.3 is 0 Å². The van der Waals surface area contributed by atoms with Gasteiger partial charge in [-0.3, -0.25) is 0 Å². The molecule has 1 aromatic carbocycles. The predicted octanol–water partition coefficient (Wildman–Crippen LogP) is 1.94. The lowest BCUT2D eigenvalue weighted by atomic mass is 10.1. The fourth-order valence-corrected chi connectivity index (χ4v) is 5.07. The Morgan fingerprint density at radius 3 is 2.09 bits per heavy atom. The van der Waals surface area contributed by atoms with E-state index in [1.165, 1.54) is 0 Å². The minimum Gasteiger partial charge on any atom is -0.497 e. The van der Waals surface area contributed by atoms with Crippen molar-refractivity contribution < 1.29 is 13.2 Å². The lowest BCUT2D eigenvalue weighted by molar-refractivity contribution is 0.178. The molecule has 0 spiro atoms. The van der Waals surface area contributed by atoms with Crippen molar-refractivity contribution in [3.8, 4) is 5.75 Å². The number of sulfonamides is 1. The van der Waals surface area contributed by atoms with Gasteiger partial charge in [0, 0.05) is 12.1 Å². The molecular formula is C16H24N2O3S. The number of benzene rings is 1. The van der Waals surface area contributed by atoms with Gasteiger partial charge in [0.1, 0.15) is 5.75 Å². The number of methoxy groups -OCH3 is 1. The highest BCUT2D eigenvalue weighted by Gasteiger charge is 2.43. The topological polar surface area (TPSA) is 49.9 Å². The highest BCUT2D eigenvalue weighted by molar-refractivity contribution is 7.89. The van der Waals surface area contributed by atoms with E-state index < -0.39 is 10.0 Å². The third-order valence-electron chi connectivity index (χ3n) is 4.59. The first-order chi connectivity index (χ1) is 10.5. The lowest BCUT2D eigenvalue weighted by Gasteiger charge is -2.36. The van der Waals surface area contributed by atoms with Gasteiger partial charge in [0.15, 0.2) is 0 Å². The molecule has 122 valence electrons. The van der Waals surface area contributed by atoms with Crippen LogP contribution in [0, 0.1) is 0 Å². The van der Waals surface area contributed by atoms with Gasteiger partial charge in [-0.2, -0.15) is 4.31 Å². The van der Waals surface area contributed by atoms with E-state index in [4.69, 9.17) is 4.74 Å². The minimum absolute atomic E-state index is 0.135. The summed E-state index contributed by atoms with van der Waals surface area (Å²) in [6.07, 6.45) is 3.81. The molecule has 2 aliphatic rings. The third-order valence-corrected chi connectivity index (χ3v) is 6.61. The van der Waals surface area contributed by atoms with Gasteiger partial charge in [0.25, 0.3) is 0 Å². The van der Waals surface area contributed by atoms with Crippen LogP contribution in [-0.4, -0.2) is 57.0 Å². The Balaban J connectivity index is 1.86. The fourth-order valence-electron chi connectivity index (χ4n) is 3.14. The quantitative estimate of drug-likeness (QED) is 0.830. The largest absolute Gasteiger partial charge is 0.497 e. The van der Waals surface area contributed by atoms with Gasteiger partial charge in [-0.15, -0.1) is 0 Å². The van der Waals surface area contributed by atoms with Crippen molar-refractivity contribution in [3.05, 3.63) is 24.3 Å². The van der Waals surface area contributed by atoms with Gasteiger partial charge in [-0.25, -0.2) is 8.42 Å². The molecule has 0 radical (unpaired) electrons. The van der Waals surface area contributed by atoms with Gasteiger partial charge in [-0.1, -0.05) is 0 Å². The van der Waals surface area contributed by atoms with Crippen molar-refractivity contribution in [3.63, 3.8) is 0 Å². The molecular weight excluding hydrogens is 300 g/mol. The maximum atomic E-state index is 13.1. The number of likely N-dealkylation sites (tertiary alicyclic amines) is 1. The molecule has 1 aliphatic heterocycles. The molecule has 3 rings (SSSR count). The molecule has 0 N–H and O–H groups in total. The van der Waals surface area contributed by atoms with Gasteiger partial charge in [0.05, 0.1) is 12.0 Å². The van der Waals surface area contributed by atoms with Gasteiger partial charge in [0.2, 0.25) is 10.0 Å². The molecule has 22 heavy (non-hydrogen) atoms. The fraction of sp³-hybridized carbons (Fsp3) is 0.625. The molecule has 1 heterocycles. The minimum atomic E-state index is -3.42. The second kappa shape index (κ2) is 6.18. The van der Waals surface area contributed by atoms with Crippen LogP contribution in [0.4, 0.5) is 0 Å². The van der Waals surface area contributed by atoms with E-state index >= 15 is 0 Å². The number of rotatable bonds is 5. The monoisotopic (exact) mass is 324 g/mol. The second-order valence-corrected chi connectivity index (χ2v) is 8.12. The summed E-state index contributed by atoms with van der Waals surface area (Å²) < 4.78 is 33.0. The first kappa shape index (κ1) is 15.8. The smallest absolute Gasteiger partial charge is 0.243 e. The summed E-state index contributed by atoms with van der Waals surface area (Å²) in [6, 6.07) is 7.06. The van der Waals surface area contributed by atoms with Crippen LogP contribution in [-0.2, 0) is 10.0 Å². The molecule has 1 aromatic rings. The van der Waals surface area contributed by atoms with Crippen LogP contribution >= 0.6 is 0 Å². The Morgan fingerprint density at radius 2 is 1.59 bits per heavy atom. The molecule has 0 amide bonds. The highest BCUT2D eigenvalue weighted by Crippen LogP contribution is 2.36. The average molecular weight is 324 g/mol. The zero-order valence-corrected chi connectivity index (χ0v) is 14.1. The van der Waals surface area contributed by atoms with Crippen molar-refractivity contribution in [2.45, 2.75) is 42.7 Å². The van der Waals surface area contributed by atoms with Crippen LogP contribution in [0.15, 0.2) is 29.2 Å². The molecule has 0 bridgehead atoms. The van der Waals surface area contributed by atoms with Crippen LogP contribution in [0.3, 0.4) is 0 Å². The second-order valence-electron chi connectivity index (χ2n) is 6.28. The van der Waals surface area contributed by atoms with Gasteiger partial charge in [-0.05, 0) is 70.1 Å². The maximum Gasteiger partial charge on any atom is 0.243 e. The number of ether oxygens (including phenoxy) is 1. The average Bonchev–Trinajstić information content (AvgIpc) is 3.34. The number of nitrogens with zero attached hydrogens (tertiary/aromatic N) is 2. The Bertz CT molecular complexity index is 603. The molecule has 5 nitrogen and oxygen atoms in total. The first-order valence-electron chi connectivity index (χ1n) is 7.88. The van der Waals surface area contributed by atoms with E-state index in [-0.39, 0.29) is 12.1 Å². The van der Waals surface area contributed by atoms with Crippen molar-refractivity contribution >= 4 is 10.0 Å². The highest BCUT2D eigenvalue weighted by atomic mass is 32.2. The number of piperidine rings is 1. The summed E-state index contributed by atoms with van der Waals surface area (Å²) in [5.41, 5.74) is 0. The standard InChI is InChI=1S/C16H24N2O3S/c1-17-11-9-14(10-12-17)18(13-3-4-13)22(19,20)16-7-5-15(21-2)6-8-16/h5-8,13-14H,3-4,9-12H2,1-2H3. The summed E-state index contributed by atoms with van der Waals surface area (Å²) in [7, 11) is 0.254. The predicted molar refractivity (Wildman–Crippen MR) is 85.6 cm³/mol.